The molecule has 27 heavy (non-hydrogen) atoms. The quantitative estimate of drug-likeness (QED) is 0.745. The lowest BCUT2D eigenvalue weighted by molar-refractivity contribution is -0.140. The van der Waals surface area contributed by atoms with Gasteiger partial charge in [0.15, 0.2) is 0 Å². The molecule has 0 radical (unpaired) electrons. The number of alkyl halides is 3. The molecule has 0 aliphatic carbocycles. The molecule has 0 amide bonds. The molecular formula is C19H24F3N3O2. The largest absolute Gasteiger partial charge is 0.488 e. The summed E-state index contributed by atoms with van der Waals surface area (Å²) < 4.78 is 50.6. The number of hydrogen-bond acceptors (Lipinski definition) is 5. The van der Waals surface area contributed by atoms with Crippen molar-refractivity contribution in [2.24, 2.45) is 0 Å². The molecule has 0 spiro atoms. The maximum absolute atomic E-state index is 13.2. The molecule has 2 rings (SSSR count). The summed E-state index contributed by atoms with van der Waals surface area (Å²) in [6.45, 7) is 10.8. The highest BCUT2D eigenvalue weighted by atomic mass is 19.4. The van der Waals surface area contributed by atoms with Crippen LogP contribution in [0.3, 0.4) is 0 Å². The SMILES string of the molecule is CC(C)(C)Oc1ccc(Nc2ncc(C(F)(F)F)c(OC(C)(C)C)n2)cc1. The van der Waals surface area contributed by atoms with Crippen molar-refractivity contribution in [1.29, 1.82) is 0 Å². The average molecular weight is 383 g/mol. The van der Waals surface area contributed by atoms with Crippen LogP contribution in [-0.4, -0.2) is 21.2 Å². The van der Waals surface area contributed by atoms with Gasteiger partial charge in [-0.3, -0.25) is 0 Å². The van der Waals surface area contributed by atoms with Crippen LogP contribution in [0.1, 0.15) is 47.1 Å². The fraction of sp³-hybridized carbons (Fsp3) is 0.474. The van der Waals surface area contributed by atoms with Crippen LogP contribution in [0.15, 0.2) is 30.5 Å². The highest BCUT2D eigenvalue weighted by Crippen LogP contribution is 2.36. The molecule has 1 N–H and O–H groups in total. The number of nitrogens with zero attached hydrogens (tertiary/aromatic N) is 2. The Bertz CT molecular complexity index is 777. The van der Waals surface area contributed by atoms with E-state index in [0.717, 1.165) is 0 Å². The molecule has 0 aliphatic heterocycles. The van der Waals surface area contributed by atoms with E-state index in [2.05, 4.69) is 15.3 Å². The van der Waals surface area contributed by atoms with E-state index < -0.39 is 23.2 Å². The van der Waals surface area contributed by atoms with E-state index in [1.807, 2.05) is 20.8 Å². The minimum absolute atomic E-state index is 0.00624. The van der Waals surface area contributed by atoms with Crippen LogP contribution in [0.2, 0.25) is 0 Å². The molecule has 1 aromatic heterocycles. The van der Waals surface area contributed by atoms with Gasteiger partial charge >= 0.3 is 6.18 Å². The molecule has 0 atom stereocenters. The zero-order chi connectivity index (χ0) is 20.5. The molecule has 5 nitrogen and oxygen atoms in total. The standard InChI is InChI=1S/C19H24F3N3O2/c1-17(2,3)26-13-9-7-12(8-10-13)24-16-23-11-14(19(20,21)22)15(25-16)27-18(4,5)6/h7-11H,1-6H3,(H,23,24,25). The summed E-state index contributed by atoms with van der Waals surface area (Å²) in [5.41, 5.74) is -1.57. The zero-order valence-electron chi connectivity index (χ0n) is 16.2. The van der Waals surface area contributed by atoms with Gasteiger partial charge in [-0.05, 0) is 65.8 Å². The molecule has 0 aliphatic rings. The molecule has 0 saturated carbocycles. The lowest BCUT2D eigenvalue weighted by atomic mass is 10.2. The first-order valence-corrected chi connectivity index (χ1v) is 8.42. The maximum Gasteiger partial charge on any atom is 0.423 e. The number of hydrogen-bond donors (Lipinski definition) is 1. The van der Waals surface area contributed by atoms with Crippen molar-refractivity contribution in [2.45, 2.75) is 58.9 Å². The van der Waals surface area contributed by atoms with Crippen molar-refractivity contribution in [3.8, 4) is 11.6 Å². The van der Waals surface area contributed by atoms with Gasteiger partial charge in [-0.2, -0.15) is 18.2 Å². The van der Waals surface area contributed by atoms with Crippen LogP contribution in [0.25, 0.3) is 0 Å². The Labute approximate surface area is 156 Å². The van der Waals surface area contributed by atoms with Gasteiger partial charge in [-0.1, -0.05) is 0 Å². The third kappa shape index (κ3) is 6.62. The van der Waals surface area contributed by atoms with Gasteiger partial charge in [0.25, 0.3) is 0 Å². The van der Waals surface area contributed by atoms with E-state index in [1.165, 1.54) is 0 Å². The van der Waals surface area contributed by atoms with E-state index >= 15 is 0 Å². The summed E-state index contributed by atoms with van der Waals surface area (Å²) in [6, 6.07) is 6.97. The minimum atomic E-state index is -4.61. The highest BCUT2D eigenvalue weighted by Gasteiger charge is 2.37. The first-order valence-electron chi connectivity index (χ1n) is 8.42. The second kappa shape index (κ2) is 7.25. The van der Waals surface area contributed by atoms with Gasteiger partial charge in [-0.25, -0.2) is 4.98 Å². The first-order chi connectivity index (χ1) is 12.2. The second-order valence-electron chi connectivity index (χ2n) is 7.99. The van der Waals surface area contributed by atoms with Gasteiger partial charge in [0.05, 0.1) is 0 Å². The lowest BCUT2D eigenvalue weighted by Gasteiger charge is -2.23. The van der Waals surface area contributed by atoms with Crippen LogP contribution in [0.4, 0.5) is 24.8 Å². The van der Waals surface area contributed by atoms with Gasteiger partial charge in [0.2, 0.25) is 11.8 Å². The van der Waals surface area contributed by atoms with Crippen LogP contribution < -0.4 is 14.8 Å². The second-order valence-corrected chi connectivity index (χ2v) is 7.99. The topological polar surface area (TPSA) is 56.3 Å². The Hall–Kier alpha value is -2.51. The van der Waals surface area contributed by atoms with Crippen molar-refractivity contribution < 1.29 is 22.6 Å². The molecule has 0 bridgehead atoms. The Morgan fingerprint density at radius 2 is 1.41 bits per heavy atom. The van der Waals surface area contributed by atoms with Crippen molar-refractivity contribution >= 4 is 11.6 Å². The number of rotatable bonds is 4. The summed E-state index contributed by atoms with van der Waals surface area (Å²) in [5, 5.41) is 2.87. The molecule has 0 fully saturated rings. The number of aromatic nitrogens is 2. The smallest absolute Gasteiger partial charge is 0.423 e. The van der Waals surface area contributed by atoms with Crippen molar-refractivity contribution in [3.05, 3.63) is 36.0 Å². The first kappa shape index (κ1) is 20.8. The predicted octanol–water partition coefficient (Wildman–Crippen LogP) is 5.59. The Morgan fingerprint density at radius 3 is 1.89 bits per heavy atom. The molecule has 8 heteroatoms. The molecule has 2 aromatic rings. The van der Waals surface area contributed by atoms with Crippen LogP contribution in [-0.2, 0) is 6.18 Å². The molecule has 1 heterocycles. The van der Waals surface area contributed by atoms with E-state index in [0.29, 0.717) is 17.6 Å². The summed E-state index contributed by atoms with van der Waals surface area (Å²) in [4.78, 5) is 7.67. The van der Waals surface area contributed by atoms with Crippen molar-refractivity contribution in [2.75, 3.05) is 5.32 Å². The Balaban J connectivity index is 2.25. The minimum Gasteiger partial charge on any atom is -0.488 e. The van der Waals surface area contributed by atoms with Crippen LogP contribution in [0.5, 0.6) is 11.6 Å². The van der Waals surface area contributed by atoms with E-state index in [-0.39, 0.29) is 11.5 Å². The van der Waals surface area contributed by atoms with Gasteiger partial charge in [0, 0.05) is 11.9 Å². The third-order valence-electron chi connectivity index (χ3n) is 3.00. The van der Waals surface area contributed by atoms with E-state index in [9.17, 15) is 13.2 Å². The summed E-state index contributed by atoms with van der Waals surface area (Å²) in [5.74, 6) is 0.171. The van der Waals surface area contributed by atoms with Gasteiger partial charge in [0.1, 0.15) is 22.5 Å². The normalized spacial score (nSPS) is 12.6. The lowest BCUT2D eigenvalue weighted by Crippen LogP contribution is -2.26. The third-order valence-corrected chi connectivity index (χ3v) is 3.00. The van der Waals surface area contributed by atoms with Gasteiger partial charge in [-0.15, -0.1) is 0 Å². The fourth-order valence-corrected chi connectivity index (χ4v) is 2.08. The molecule has 0 unspecified atom stereocenters. The number of benzene rings is 1. The summed E-state index contributed by atoms with van der Waals surface area (Å²) in [6.07, 6.45) is -3.89. The molecule has 1 aromatic carbocycles. The summed E-state index contributed by atoms with van der Waals surface area (Å²) >= 11 is 0. The average Bonchev–Trinajstić information content (AvgIpc) is 2.45. The monoisotopic (exact) mass is 383 g/mol. The summed E-state index contributed by atoms with van der Waals surface area (Å²) in [7, 11) is 0. The van der Waals surface area contributed by atoms with E-state index in [1.54, 1.807) is 45.0 Å². The maximum atomic E-state index is 13.2. The van der Waals surface area contributed by atoms with Gasteiger partial charge < -0.3 is 14.8 Å². The zero-order valence-corrected chi connectivity index (χ0v) is 16.2. The van der Waals surface area contributed by atoms with Crippen molar-refractivity contribution in [3.63, 3.8) is 0 Å². The predicted molar refractivity (Wildman–Crippen MR) is 97.5 cm³/mol. The molecule has 148 valence electrons. The Kier molecular flexibility index (Phi) is 5.58. The fourth-order valence-electron chi connectivity index (χ4n) is 2.08. The molecular weight excluding hydrogens is 359 g/mol. The van der Waals surface area contributed by atoms with Crippen molar-refractivity contribution in [1.82, 2.24) is 9.97 Å². The highest BCUT2D eigenvalue weighted by molar-refractivity contribution is 5.55. The van der Waals surface area contributed by atoms with Crippen LogP contribution >= 0.6 is 0 Å². The van der Waals surface area contributed by atoms with Crippen LogP contribution in [0, 0.1) is 0 Å². The number of halogens is 3. The molecule has 0 saturated heterocycles. The number of nitrogens with one attached hydrogen (secondary N) is 1. The number of ether oxygens (including phenoxy) is 2. The number of anilines is 2. The van der Waals surface area contributed by atoms with E-state index in [4.69, 9.17) is 9.47 Å². The Morgan fingerprint density at radius 1 is 0.852 bits per heavy atom.